The maximum absolute atomic E-state index is 10.4. The molecule has 0 saturated heterocycles. The van der Waals surface area contributed by atoms with Gasteiger partial charge in [0.05, 0.1) is 13.2 Å². The summed E-state index contributed by atoms with van der Waals surface area (Å²) in [4.78, 5) is 0. The van der Waals surface area contributed by atoms with Crippen molar-refractivity contribution in [3.05, 3.63) is 58.1 Å². The third-order valence-corrected chi connectivity index (χ3v) is 3.80. The first kappa shape index (κ1) is 13.5. The van der Waals surface area contributed by atoms with Crippen LogP contribution >= 0.6 is 15.9 Å². The summed E-state index contributed by atoms with van der Waals surface area (Å²) in [5.74, 6) is 1.45. The molecule has 1 N–H and O–H groups in total. The van der Waals surface area contributed by atoms with E-state index in [1.807, 2.05) is 42.5 Å². The van der Waals surface area contributed by atoms with Gasteiger partial charge in [0.1, 0.15) is 6.10 Å². The van der Waals surface area contributed by atoms with Crippen LogP contribution in [0, 0.1) is 0 Å². The fourth-order valence-corrected chi connectivity index (χ4v) is 2.45. The smallest absolute Gasteiger partial charge is 0.161 e. The summed E-state index contributed by atoms with van der Waals surface area (Å²) in [6, 6.07) is 13.2. The van der Waals surface area contributed by atoms with Crippen molar-refractivity contribution in [3.8, 4) is 11.5 Å². The summed E-state index contributed by atoms with van der Waals surface area (Å²) < 4.78 is 12.2. The second kappa shape index (κ2) is 5.85. The monoisotopic (exact) mass is 334 g/mol. The summed E-state index contributed by atoms with van der Waals surface area (Å²) in [6.07, 6.45) is 0.208. The lowest BCUT2D eigenvalue weighted by atomic mass is 10.0. The van der Waals surface area contributed by atoms with Crippen LogP contribution in [0.15, 0.2) is 46.9 Å². The molecule has 1 aliphatic heterocycles. The van der Waals surface area contributed by atoms with Crippen molar-refractivity contribution >= 4 is 15.9 Å². The average Bonchev–Trinajstić information content (AvgIpc) is 2.71. The summed E-state index contributed by atoms with van der Waals surface area (Å²) in [5, 5.41) is 10.4. The maximum atomic E-state index is 10.4. The highest BCUT2D eigenvalue weighted by Gasteiger charge is 2.15. The molecule has 20 heavy (non-hydrogen) atoms. The zero-order valence-corrected chi connectivity index (χ0v) is 12.5. The molecule has 4 heteroatoms. The van der Waals surface area contributed by atoms with E-state index in [2.05, 4.69) is 15.9 Å². The molecular weight excluding hydrogens is 320 g/mol. The Morgan fingerprint density at radius 2 is 1.55 bits per heavy atom. The molecule has 1 unspecified atom stereocenters. The van der Waals surface area contributed by atoms with E-state index < -0.39 is 6.10 Å². The minimum atomic E-state index is -0.666. The van der Waals surface area contributed by atoms with E-state index in [9.17, 15) is 5.11 Å². The molecular formula is C16H15BrO3. The fourth-order valence-electron chi connectivity index (χ4n) is 2.19. The lowest BCUT2D eigenvalue weighted by molar-refractivity contribution is 0.219. The zero-order chi connectivity index (χ0) is 13.9. The predicted octanol–water partition coefficient (Wildman–Crippen LogP) is 3.69. The molecule has 1 aliphatic rings. The molecule has 1 atom stereocenters. The molecule has 0 spiro atoms. The number of aliphatic hydroxyl groups is 1. The predicted molar refractivity (Wildman–Crippen MR) is 80.3 cm³/mol. The normalized spacial score (nSPS) is 15.5. The second-order valence-corrected chi connectivity index (χ2v) is 5.63. The van der Waals surface area contributed by atoms with Gasteiger partial charge < -0.3 is 14.6 Å². The Balaban J connectivity index is 1.90. The third kappa shape index (κ3) is 2.81. The molecule has 0 saturated carbocycles. The Kier molecular flexibility index (Phi) is 3.94. The number of benzene rings is 2. The van der Waals surface area contributed by atoms with Crippen LogP contribution in [0.25, 0.3) is 0 Å². The van der Waals surface area contributed by atoms with Crippen molar-refractivity contribution in [1.82, 2.24) is 0 Å². The summed E-state index contributed by atoms with van der Waals surface area (Å²) in [7, 11) is 0. The largest absolute Gasteiger partial charge is 0.490 e. The third-order valence-electron chi connectivity index (χ3n) is 3.27. The van der Waals surface area contributed by atoms with Gasteiger partial charge in [-0.25, -0.2) is 0 Å². The number of hydrogen-bond donors (Lipinski definition) is 1. The highest BCUT2D eigenvalue weighted by atomic mass is 79.9. The lowest BCUT2D eigenvalue weighted by Gasteiger charge is -2.14. The van der Waals surface area contributed by atoms with E-state index in [0.717, 1.165) is 27.8 Å². The molecule has 3 nitrogen and oxygen atoms in total. The minimum absolute atomic E-state index is 0.644. The molecule has 2 aromatic rings. The molecule has 0 aromatic heterocycles. The van der Waals surface area contributed by atoms with E-state index in [4.69, 9.17) is 9.47 Å². The highest BCUT2D eigenvalue weighted by Crippen LogP contribution is 2.34. The number of hydrogen-bond acceptors (Lipinski definition) is 3. The van der Waals surface area contributed by atoms with Gasteiger partial charge in [-0.1, -0.05) is 34.1 Å². The SMILES string of the molecule is OC(c1ccc(Br)cc1)c1ccc2c(c1)OCCCO2. The topological polar surface area (TPSA) is 38.7 Å². The molecule has 0 bridgehead atoms. The second-order valence-electron chi connectivity index (χ2n) is 4.71. The van der Waals surface area contributed by atoms with Gasteiger partial charge in [-0.3, -0.25) is 0 Å². The van der Waals surface area contributed by atoms with E-state index in [-0.39, 0.29) is 0 Å². The van der Waals surface area contributed by atoms with Crippen molar-refractivity contribution < 1.29 is 14.6 Å². The molecule has 3 rings (SSSR count). The van der Waals surface area contributed by atoms with E-state index in [1.165, 1.54) is 0 Å². The Morgan fingerprint density at radius 3 is 2.30 bits per heavy atom. The van der Waals surface area contributed by atoms with Crippen LogP contribution in [-0.2, 0) is 0 Å². The Bertz CT molecular complexity index is 595. The molecule has 2 aromatic carbocycles. The number of aliphatic hydroxyl groups excluding tert-OH is 1. The van der Waals surface area contributed by atoms with Crippen LogP contribution in [0.2, 0.25) is 0 Å². The van der Waals surface area contributed by atoms with E-state index >= 15 is 0 Å². The molecule has 1 heterocycles. The molecule has 0 radical (unpaired) electrons. The van der Waals surface area contributed by atoms with Crippen LogP contribution in [0.5, 0.6) is 11.5 Å². The first-order valence-corrected chi connectivity index (χ1v) is 7.36. The Morgan fingerprint density at radius 1 is 0.900 bits per heavy atom. The van der Waals surface area contributed by atoms with Crippen LogP contribution in [-0.4, -0.2) is 18.3 Å². The van der Waals surface area contributed by atoms with Gasteiger partial charge in [0.2, 0.25) is 0 Å². The number of fused-ring (bicyclic) bond motifs is 1. The maximum Gasteiger partial charge on any atom is 0.161 e. The number of ether oxygens (including phenoxy) is 2. The van der Waals surface area contributed by atoms with E-state index in [1.54, 1.807) is 0 Å². The summed E-state index contributed by atoms with van der Waals surface area (Å²) >= 11 is 3.39. The van der Waals surface area contributed by atoms with Crippen molar-refractivity contribution in [1.29, 1.82) is 0 Å². The van der Waals surface area contributed by atoms with Crippen LogP contribution in [0.4, 0.5) is 0 Å². The van der Waals surface area contributed by atoms with Gasteiger partial charge in [0, 0.05) is 10.9 Å². The quantitative estimate of drug-likeness (QED) is 0.910. The van der Waals surface area contributed by atoms with E-state index in [0.29, 0.717) is 19.0 Å². The van der Waals surface area contributed by atoms with Gasteiger partial charge in [-0.05, 0) is 35.4 Å². The lowest BCUT2D eigenvalue weighted by Crippen LogP contribution is -2.01. The Hall–Kier alpha value is -1.52. The van der Waals surface area contributed by atoms with Crippen molar-refractivity contribution in [2.75, 3.05) is 13.2 Å². The Labute approximate surface area is 126 Å². The summed E-state index contributed by atoms with van der Waals surface area (Å²) in [6.45, 7) is 1.31. The fraction of sp³-hybridized carbons (Fsp3) is 0.250. The van der Waals surface area contributed by atoms with Gasteiger partial charge >= 0.3 is 0 Å². The van der Waals surface area contributed by atoms with Crippen LogP contribution in [0.1, 0.15) is 23.7 Å². The number of halogens is 1. The van der Waals surface area contributed by atoms with Crippen molar-refractivity contribution in [2.24, 2.45) is 0 Å². The molecule has 0 aliphatic carbocycles. The van der Waals surface area contributed by atoms with Gasteiger partial charge in [-0.2, -0.15) is 0 Å². The van der Waals surface area contributed by atoms with Crippen LogP contribution in [0.3, 0.4) is 0 Å². The average molecular weight is 335 g/mol. The molecule has 0 amide bonds. The first-order valence-electron chi connectivity index (χ1n) is 6.57. The number of rotatable bonds is 2. The summed E-state index contributed by atoms with van der Waals surface area (Å²) in [5.41, 5.74) is 1.65. The highest BCUT2D eigenvalue weighted by molar-refractivity contribution is 9.10. The molecule has 104 valence electrons. The van der Waals surface area contributed by atoms with Gasteiger partial charge in [0.15, 0.2) is 11.5 Å². The van der Waals surface area contributed by atoms with Crippen molar-refractivity contribution in [3.63, 3.8) is 0 Å². The van der Waals surface area contributed by atoms with Gasteiger partial charge in [0.25, 0.3) is 0 Å². The van der Waals surface area contributed by atoms with Crippen LogP contribution < -0.4 is 9.47 Å². The molecule has 0 fully saturated rings. The van der Waals surface area contributed by atoms with Crippen molar-refractivity contribution in [2.45, 2.75) is 12.5 Å². The zero-order valence-electron chi connectivity index (χ0n) is 10.9. The standard InChI is InChI=1S/C16H15BrO3/c17-13-5-2-11(3-6-13)16(18)12-4-7-14-15(10-12)20-9-1-8-19-14/h2-7,10,16,18H,1,8-9H2. The first-order chi connectivity index (χ1) is 9.74. The minimum Gasteiger partial charge on any atom is -0.490 e. The van der Waals surface area contributed by atoms with Gasteiger partial charge in [-0.15, -0.1) is 0 Å².